The predicted octanol–water partition coefficient (Wildman–Crippen LogP) is 4.82. The van der Waals surface area contributed by atoms with E-state index in [1.165, 1.54) is 30.3 Å². The Balaban J connectivity index is 1.44. The predicted molar refractivity (Wildman–Crippen MR) is 116 cm³/mol. The average molecular weight is 440 g/mol. The standard InChI is InChI=1S/C24H22F2N2O4/c25-17-2-1-3-19(13-17)27-24(31)28-8-6-20(7-9-28)32-22-11-15(12-23(29)30)10-16-4-5-18(26)14-21(16)22/h1-5,10-11,13-14,20H,6-9,12H2,(H,27,31)(H,29,30). The van der Waals surface area contributed by atoms with Crippen molar-refractivity contribution in [2.24, 2.45) is 0 Å². The fraction of sp³-hybridized carbons (Fsp3) is 0.250. The van der Waals surface area contributed by atoms with Crippen LogP contribution in [-0.2, 0) is 11.2 Å². The molecule has 2 amide bonds. The van der Waals surface area contributed by atoms with Crippen molar-refractivity contribution in [3.63, 3.8) is 0 Å². The van der Waals surface area contributed by atoms with Crippen LogP contribution in [0.25, 0.3) is 10.8 Å². The molecule has 0 unspecified atom stereocenters. The molecule has 1 aliphatic heterocycles. The number of carbonyl (C=O) groups is 2. The van der Waals surface area contributed by atoms with Crippen LogP contribution in [0, 0.1) is 11.6 Å². The number of rotatable bonds is 5. The minimum Gasteiger partial charge on any atom is -0.490 e. The maximum Gasteiger partial charge on any atom is 0.321 e. The molecule has 3 aromatic carbocycles. The third-order valence-electron chi connectivity index (χ3n) is 5.39. The third kappa shape index (κ3) is 5.14. The van der Waals surface area contributed by atoms with Gasteiger partial charge in [0.1, 0.15) is 23.5 Å². The van der Waals surface area contributed by atoms with E-state index >= 15 is 0 Å². The first kappa shape index (κ1) is 21.5. The highest BCUT2D eigenvalue weighted by atomic mass is 19.1. The number of ether oxygens (including phenoxy) is 1. The number of hydrogen-bond acceptors (Lipinski definition) is 3. The number of aliphatic carboxylic acids is 1. The zero-order chi connectivity index (χ0) is 22.7. The van der Waals surface area contributed by atoms with Crippen molar-refractivity contribution >= 4 is 28.5 Å². The topological polar surface area (TPSA) is 78.9 Å². The van der Waals surface area contributed by atoms with Gasteiger partial charge in [-0.15, -0.1) is 0 Å². The van der Waals surface area contributed by atoms with Crippen LogP contribution in [0.2, 0.25) is 0 Å². The first-order valence-corrected chi connectivity index (χ1v) is 10.3. The molecule has 1 fully saturated rings. The van der Waals surface area contributed by atoms with E-state index in [9.17, 15) is 18.4 Å². The van der Waals surface area contributed by atoms with Gasteiger partial charge in [-0.3, -0.25) is 4.79 Å². The summed E-state index contributed by atoms with van der Waals surface area (Å²) in [7, 11) is 0. The molecule has 4 rings (SSSR count). The lowest BCUT2D eigenvalue weighted by Crippen LogP contribution is -2.43. The van der Waals surface area contributed by atoms with Gasteiger partial charge in [0.25, 0.3) is 0 Å². The Bertz CT molecular complexity index is 1160. The van der Waals surface area contributed by atoms with E-state index in [0.717, 1.165) is 0 Å². The van der Waals surface area contributed by atoms with Gasteiger partial charge in [0.2, 0.25) is 0 Å². The molecule has 0 aliphatic carbocycles. The van der Waals surface area contributed by atoms with Crippen LogP contribution in [0.1, 0.15) is 18.4 Å². The molecular weight excluding hydrogens is 418 g/mol. The van der Waals surface area contributed by atoms with Crippen molar-refractivity contribution in [3.05, 3.63) is 71.8 Å². The molecule has 1 aliphatic rings. The quantitative estimate of drug-likeness (QED) is 0.596. The lowest BCUT2D eigenvalue weighted by Gasteiger charge is -2.32. The number of nitrogens with zero attached hydrogens (tertiary/aromatic N) is 1. The van der Waals surface area contributed by atoms with Crippen LogP contribution >= 0.6 is 0 Å². The minimum atomic E-state index is -0.963. The van der Waals surface area contributed by atoms with Crippen LogP contribution in [0.15, 0.2) is 54.6 Å². The van der Waals surface area contributed by atoms with Gasteiger partial charge in [-0.1, -0.05) is 18.2 Å². The Morgan fingerprint density at radius 3 is 2.50 bits per heavy atom. The zero-order valence-corrected chi connectivity index (χ0v) is 17.2. The number of urea groups is 1. The number of carboxylic acids is 1. The van der Waals surface area contributed by atoms with Crippen LogP contribution in [-0.4, -0.2) is 41.2 Å². The second-order valence-electron chi connectivity index (χ2n) is 7.77. The summed E-state index contributed by atoms with van der Waals surface area (Å²) in [5.41, 5.74) is 0.954. The van der Waals surface area contributed by atoms with Gasteiger partial charge < -0.3 is 20.1 Å². The van der Waals surface area contributed by atoms with Crippen LogP contribution in [0.3, 0.4) is 0 Å². The van der Waals surface area contributed by atoms with Gasteiger partial charge in [-0.05, 0) is 47.3 Å². The van der Waals surface area contributed by atoms with Crippen molar-refractivity contribution in [2.45, 2.75) is 25.4 Å². The maximum absolute atomic E-state index is 13.8. The molecular formula is C24H22F2N2O4. The Morgan fingerprint density at radius 2 is 1.78 bits per heavy atom. The average Bonchev–Trinajstić information content (AvgIpc) is 2.74. The Labute approximate surface area is 183 Å². The molecule has 1 saturated heterocycles. The van der Waals surface area contributed by atoms with E-state index < -0.39 is 17.6 Å². The van der Waals surface area contributed by atoms with Gasteiger partial charge in [0.15, 0.2) is 0 Å². The number of hydrogen-bond donors (Lipinski definition) is 2. The number of likely N-dealkylation sites (tertiary alicyclic amines) is 1. The van der Waals surface area contributed by atoms with Crippen molar-refractivity contribution < 1.29 is 28.2 Å². The molecule has 1 heterocycles. The van der Waals surface area contributed by atoms with Crippen LogP contribution in [0.5, 0.6) is 5.75 Å². The number of carbonyl (C=O) groups excluding carboxylic acids is 1. The van der Waals surface area contributed by atoms with Gasteiger partial charge in [0, 0.05) is 37.0 Å². The summed E-state index contributed by atoms with van der Waals surface area (Å²) in [5, 5.41) is 13.1. The number of benzene rings is 3. The fourth-order valence-electron chi connectivity index (χ4n) is 3.85. The molecule has 6 nitrogen and oxygen atoms in total. The number of nitrogens with one attached hydrogen (secondary N) is 1. The van der Waals surface area contributed by atoms with E-state index in [-0.39, 0.29) is 18.6 Å². The lowest BCUT2D eigenvalue weighted by molar-refractivity contribution is -0.136. The summed E-state index contributed by atoms with van der Waals surface area (Å²) in [6.07, 6.45) is 0.731. The molecule has 0 spiro atoms. The van der Waals surface area contributed by atoms with Crippen LogP contribution < -0.4 is 10.1 Å². The number of fused-ring (bicyclic) bond motifs is 1. The molecule has 8 heteroatoms. The molecule has 166 valence electrons. The summed E-state index contributed by atoms with van der Waals surface area (Å²) in [6, 6.07) is 13.0. The van der Waals surface area contributed by atoms with Gasteiger partial charge in [-0.2, -0.15) is 0 Å². The molecule has 0 atom stereocenters. The van der Waals surface area contributed by atoms with Crippen molar-refractivity contribution in [2.75, 3.05) is 18.4 Å². The highest BCUT2D eigenvalue weighted by Gasteiger charge is 2.25. The first-order valence-electron chi connectivity index (χ1n) is 10.3. The lowest BCUT2D eigenvalue weighted by atomic mass is 10.0. The molecule has 3 aromatic rings. The smallest absolute Gasteiger partial charge is 0.321 e. The van der Waals surface area contributed by atoms with E-state index in [1.54, 1.807) is 29.2 Å². The summed E-state index contributed by atoms with van der Waals surface area (Å²) in [5.74, 6) is -1.36. The summed E-state index contributed by atoms with van der Waals surface area (Å²) >= 11 is 0. The van der Waals surface area contributed by atoms with E-state index in [1.807, 2.05) is 0 Å². The second kappa shape index (κ2) is 9.21. The number of halogens is 2. The molecule has 0 saturated carbocycles. The summed E-state index contributed by atoms with van der Waals surface area (Å²) in [6.45, 7) is 0.875. The largest absolute Gasteiger partial charge is 0.490 e. The molecule has 0 bridgehead atoms. The molecule has 0 radical (unpaired) electrons. The highest BCUT2D eigenvalue weighted by Crippen LogP contribution is 2.31. The molecule has 0 aromatic heterocycles. The number of anilines is 1. The van der Waals surface area contributed by atoms with Crippen molar-refractivity contribution in [1.29, 1.82) is 0 Å². The Morgan fingerprint density at radius 1 is 1.03 bits per heavy atom. The number of carboxylic acid groups (broad SMARTS) is 1. The third-order valence-corrected chi connectivity index (χ3v) is 5.39. The van der Waals surface area contributed by atoms with Gasteiger partial charge in [-0.25, -0.2) is 13.6 Å². The summed E-state index contributed by atoms with van der Waals surface area (Å²) < 4.78 is 33.3. The SMILES string of the molecule is O=C(O)Cc1cc(OC2CCN(C(=O)Nc3cccc(F)c3)CC2)c2cc(F)ccc2c1. The first-order chi connectivity index (χ1) is 15.4. The maximum atomic E-state index is 13.8. The molecule has 32 heavy (non-hydrogen) atoms. The Kier molecular flexibility index (Phi) is 6.20. The van der Waals surface area contributed by atoms with E-state index in [0.29, 0.717) is 53.7 Å². The number of amides is 2. The number of piperidine rings is 1. The van der Waals surface area contributed by atoms with E-state index in [4.69, 9.17) is 9.84 Å². The van der Waals surface area contributed by atoms with Crippen molar-refractivity contribution in [3.8, 4) is 5.75 Å². The second-order valence-corrected chi connectivity index (χ2v) is 7.77. The summed E-state index contributed by atoms with van der Waals surface area (Å²) in [4.78, 5) is 25.2. The highest BCUT2D eigenvalue weighted by molar-refractivity contribution is 5.90. The van der Waals surface area contributed by atoms with Gasteiger partial charge >= 0.3 is 12.0 Å². The van der Waals surface area contributed by atoms with Crippen molar-refractivity contribution in [1.82, 2.24) is 4.90 Å². The Hall–Kier alpha value is -3.68. The normalized spacial score (nSPS) is 14.4. The fourth-order valence-corrected chi connectivity index (χ4v) is 3.85. The zero-order valence-electron chi connectivity index (χ0n) is 17.2. The van der Waals surface area contributed by atoms with Crippen LogP contribution in [0.4, 0.5) is 19.3 Å². The van der Waals surface area contributed by atoms with Gasteiger partial charge in [0.05, 0.1) is 6.42 Å². The minimum absolute atomic E-state index is 0.164. The monoisotopic (exact) mass is 440 g/mol. The van der Waals surface area contributed by atoms with E-state index in [2.05, 4.69) is 5.32 Å². The molecule has 2 N–H and O–H groups in total.